The maximum atomic E-state index is 6.65. The minimum absolute atomic E-state index is 0.885. The van der Waals surface area contributed by atoms with Crippen molar-refractivity contribution in [2.75, 3.05) is 0 Å². The first-order valence-electron chi connectivity index (χ1n) is 17.3. The SMILES string of the molecule is c1ccc(-c2cccc(-c3cc(-n4c5ccccc5c5ccc(-c6ccc7c(c6)oc6ccccc67)cc54)cc4c3oc3ccccc34)c2)cc1. The summed E-state index contributed by atoms with van der Waals surface area (Å²) in [7, 11) is 0. The topological polar surface area (TPSA) is 31.2 Å². The molecule has 238 valence electrons. The average molecular weight is 652 g/mol. The Hall–Kier alpha value is -6.84. The lowest BCUT2D eigenvalue weighted by atomic mass is 9.97. The van der Waals surface area contributed by atoms with Gasteiger partial charge in [-0.25, -0.2) is 0 Å². The van der Waals surface area contributed by atoms with E-state index in [-0.39, 0.29) is 0 Å². The summed E-state index contributed by atoms with van der Waals surface area (Å²) in [5.74, 6) is 0. The number of para-hydroxylation sites is 3. The first-order valence-corrected chi connectivity index (χ1v) is 17.3. The molecule has 0 atom stereocenters. The number of hydrogen-bond acceptors (Lipinski definition) is 2. The van der Waals surface area contributed by atoms with Crippen LogP contribution in [0.3, 0.4) is 0 Å². The summed E-state index contributed by atoms with van der Waals surface area (Å²) in [6, 6.07) is 62.6. The van der Waals surface area contributed by atoms with Gasteiger partial charge in [0.1, 0.15) is 22.3 Å². The quantitative estimate of drug-likeness (QED) is 0.190. The van der Waals surface area contributed by atoms with Crippen molar-refractivity contribution >= 4 is 65.7 Å². The van der Waals surface area contributed by atoms with E-state index < -0.39 is 0 Å². The lowest BCUT2D eigenvalue weighted by molar-refractivity contribution is 0.669. The Morgan fingerprint density at radius 2 is 0.902 bits per heavy atom. The molecule has 0 radical (unpaired) electrons. The fourth-order valence-electron chi connectivity index (χ4n) is 7.99. The van der Waals surface area contributed by atoms with Crippen LogP contribution in [-0.2, 0) is 0 Å². The molecular formula is C48H29NO2. The Labute approximate surface area is 293 Å². The van der Waals surface area contributed by atoms with Crippen LogP contribution in [0.2, 0.25) is 0 Å². The largest absolute Gasteiger partial charge is 0.456 e. The fraction of sp³-hybridized carbons (Fsp3) is 0. The first kappa shape index (κ1) is 28.0. The maximum Gasteiger partial charge on any atom is 0.143 e. The summed E-state index contributed by atoms with van der Waals surface area (Å²) in [6.07, 6.45) is 0. The third-order valence-corrected chi connectivity index (χ3v) is 10.4. The van der Waals surface area contributed by atoms with Crippen molar-refractivity contribution in [3.8, 4) is 39.1 Å². The predicted molar refractivity (Wildman–Crippen MR) is 212 cm³/mol. The summed E-state index contributed by atoms with van der Waals surface area (Å²) in [6.45, 7) is 0. The van der Waals surface area contributed by atoms with E-state index >= 15 is 0 Å². The monoisotopic (exact) mass is 651 g/mol. The minimum Gasteiger partial charge on any atom is -0.456 e. The Morgan fingerprint density at radius 3 is 1.75 bits per heavy atom. The van der Waals surface area contributed by atoms with E-state index in [1.807, 2.05) is 18.2 Å². The Morgan fingerprint density at radius 1 is 0.314 bits per heavy atom. The van der Waals surface area contributed by atoms with Crippen molar-refractivity contribution < 1.29 is 8.83 Å². The van der Waals surface area contributed by atoms with Crippen molar-refractivity contribution in [2.24, 2.45) is 0 Å². The molecule has 0 saturated heterocycles. The summed E-state index contributed by atoms with van der Waals surface area (Å²) < 4.78 is 15.4. The molecule has 0 fully saturated rings. The highest BCUT2D eigenvalue weighted by atomic mass is 16.3. The second-order valence-electron chi connectivity index (χ2n) is 13.3. The first-order chi connectivity index (χ1) is 25.3. The maximum absolute atomic E-state index is 6.65. The summed E-state index contributed by atoms with van der Waals surface area (Å²) in [5.41, 5.74) is 13.8. The summed E-state index contributed by atoms with van der Waals surface area (Å²) >= 11 is 0. The highest BCUT2D eigenvalue weighted by Crippen LogP contribution is 2.42. The van der Waals surface area contributed by atoms with Gasteiger partial charge in [0, 0.05) is 43.6 Å². The van der Waals surface area contributed by atoms with Gasteiger partial charge in [-0.15, -0.1) is 0 Å². The zero-order chi connectivity index (χ0) is 33.5. The molecule has 11 aromatic rings. The van der Waals surface area contributed by atoms with Gasteiger partial charge in [0.15, 0.2) is 0 Å². The van der Waals surface area contributed by atoms with Crippen LogP contribution in [0.4, 0.5) is 0 Å². The van der Waals surface area contributed by atoms with Crippen LogP contribution in [0.5, 0.6) is 0 Å². The molecule has 0 aliphatic heterocycles. The van der Waals surface area contributed by atoms with Gasteiger partial charge in [0.05, 0.1) is 11.0 Å². The van der Waals surface area contributed by atoms with Crippen molar-refractivity contribution in [3.63, 3.8) is 0 Å². The van der Waals surface area contributed by atoms with Crippen LogP contribution in [-0.4, -0.2) is 4.57 Å². The number of nitrogens with zero attached hydrogens (tertiary/aromatic N) is 1. The molecule has 0 aliphatic carbocycles. The second-order valence-corrected chi connectivity index (χ2v) is 13.3. The molecule has 3 heteroatoms. The van der Waals surface area contributed by atoms with E-state index in [2.05, 4.69) is 162 Å². The number of aromatic nitrogens is 1. The standard InChI is InChI=1S/C48H29NO2/c1-2-11-30(12-3-1)31-13-10-14-34(25-31)41-28-35(29-42-39-17-6-9-20-46(39)51-48(41)42)49-43-18-7-4-15-36(43)37-23-21-32(26-44(37)49)33-22-24-40-38-16-5-8-19-45(38)50-47(40)27-33/h1-29H. The van der Waals surface area contributed by atoms with Gasteiger partial charge >= 0.3 is 0 Å². The third kappa shape index (κ3) is 4.32. The lowest BCUT2D eigenvalue weighted by Crippen LogP contribution is -1.95. The van der Waals surface area contributed by atoms with E-state index in [1.165, 1.54) is 21.9 Å². The Kier molecular flexibility index (Phi) is 5.96. The Balaban J connectivity index is 1.17. The highest BCUT2D eigenvalue weighted by Gasteiger charge is 2.19. The van der Waals surface area contributed by atoms with E-state index in [4.69, 9.17) is 8.83 Å². The van der Waals surface area contributed by atoms with E-state index in [9.17, 15) is 0 Å². The van der Waals surface area contributed by atoms with Crippen molar-refractivity contribution in [3.05, 3.63) is 176 Å². The van der Waals surface area contributed by atoms with Crippen LogP contribution in [0.25, 0.3) is 105 Å². The van der Waals surface area contributed by atoms with Gasteiger partial charge in [-0.3, -0.25) is 0 Å². The molecule has 0 amide bonds. The molecule has 3 nitrogen and oxygen atoms in total. The zero-order valence-electron chi connectivity index (χ0n) is 27.5. The normalized spacial score (nSPS) is 11.9. The minimum atomic E-state index is 0.885. The molecule has 0 bridgehead atoms. The van der Waals surface area contributed by atoms with Crippen molar-refractivity contribution in [2.45, 2.75) is 0 Å². The molecule has 8 aromatic carbocycles. The molecule has 0 saturated carbocycles. The van der Waals surface area contributed by atoms with Gasteiger partial charge in [-0.05, 0) is 82.4 Å². The molecule has 3 heterocycles. The van der Waals surface area contributed by atoms with Crippen molar-refractivity contribution in [1.82, 2.24) is 4.57 Å². The van der Waals surface area contributed by atoms with Gasteiger partial charge in [-0.1, -0.05) is 121 Å². The van der Waals surface area contributed by atoms with E-state index in [0.717, 1.165) is 82.9 Å². The Bertz CT molecular complexity index is 3140. The van der Waals surface area contributed by atoms with Crippen LogP contribution in [0.1, 0.15) is 0 Å². The molecule has 0 spiro atoms. The second kappa shape index (κ2) is 10.8. The number of hydrogen-bond donors (Lipinski definition) is 0. The van der Waals surface area contributed by atoms with Crippen molar-refractivity contribution in [1.29, 1.82) is 0 Å². The molecule has 0 unspecified atom stereocenters. The number of fused-ring (bicyclic) bond motifs is 9. The predicted octanol–water partition coefficient (Wildman–Crippen LogP) is 13.6. The highest BCUT2D eigenvalue weighted by molar-refractivity contribution is 6.14. The molecule has 3 aromatic heterocycles. The van der Waals surface area contributed by atoms with E-state index in [1.54, 1.807) is 0 Å². The molecular weight excluding hydrogens is 623 g/mol. The van der Waals surface area contributed by atoms with Crippen LogP contribution in [0, 0.1) is 0 Å². The summed E-state index contributed by atoms with van der Waals surface area (Å²) in [4.78, 5) is 0. The average Bonchev–Trinajstić information content (AvgIpc) is 3.87. The third-order valence-electron chi connectivity index (χ3n) is 10.4. The van der Waals surface area contributed by atoms with Gasteiger partial charge < -0.3 is 13.4 Å². The van der Waals surface area contributed by atoms with Crippen LogP contribution in [0.15, 0.2) is 185 Å². The summed E-state index contributed by atoms with van der Waals surface area (Å²) in [5, 5.41) is 6.91. The van der Waals surface area contributed by atoms with Gasteiger partial charge in [0.2, 0.25) is 0 Å². The van der Waals surface area contributed by atoms with Crippen LogP contribution < -0.4 is 0 Å². The number of rotatable bonds is 4. The zero-order valence-corrected chi connectivity index (χ0v) is 27.5. The molecule has 0 N–H and O–H groups in total. The number of benzene rings is 8. The molecule has 0 aliphatic rings. The van der Waals surface area contributed by atoms with Crippen LogP contribution >= 0.6 is 0 Å². The van der Waals surface area contributed by atoms with Gasteiger partial charge in [0.25, 0.3) is 0 Å². The fourth-order valence-corrected chi connectivity index (χ4v) is 7.99. The van der Waals surface area contributed by atoms with E-state index in [0.29, 0.717) is 0 Å². The molecule has 11 rings (SSSR count). The lowest BCUT2D eigenvalue weighted by Gasteiger charge is -2.13. The van der Waals surface area contributed by atoms with Gasteiger partial charge in [-0.2, -0.15) is 0 Å². The number of furan rings is 2. The molecule has 51 heavy (non-hydrogen) atoms. The smallest absolute Gasteiger partial charge is 0.143 e.